The molecule has 2 aromatic rings. The number of hydrogen-bond donors (Lipinski definition) is 1. The van der Waals surface area contributed by atoms with E-state index in [9.17, 15) is 8.42 Å². The molecule has 0 saturated carbocycles. The number of sulfonamides is 1. The van der Waals surface area contributed by atoms with Crippen molar-refractivity contribution in [3.63, 3.8) is 0 Å². The summed E-state index contributed by atoms with van der Waals surface area (Å²) in [5.41, 5.74) is 8.59. The molecule has 1 aromatic carbocycles. The Balaban J connectivity index is 1.61. The van der Waals surface area contributed by atoms with Crippen LogP contribution in [-0.2, 0) is 22.9 Å². The number of hydrogen-bond acceptors (Lipinski definition) is 5. The Bertz CT molecular complexity index is 834. The van der Waals surface area contributed by atoms with Gasteiger partial charge in [-0.2, -0.15) is 4.31 Å². The Morgan fingerprint density at radius 3 is 2.67 bits per heavy atom. The Kier molecular flexibility index (Phi) is 3.90. The minimum atomic E-state index is -3.54. The van der Waals surface area contributed by atoms with Gasteiger partial charge in [-0.25, -0.2) is 13.1 Å². The molecule has 128 valence electrons. The van der Waals surface area contributed by atoms with Crippen molar-refractivity contribution >= 4 is 10.0 Å². The zero-order chi connectivity index (χ0) is 16.7. The molecule has 1 aliphatic heterocycles. The van der Waals surface area contributed by atoms with E-state index in [-0.39, 0.29) is 12.1 Å². The minimum absolute atomic E-state index is 0.181. The van der Waals surface area contributed by atoms with E-state index in [1.165, 1.54) is 21.9 Å². The third-order valence-corrected chi connectivity index (χ3v) is 6.87. The van der Waals surface area contributed by atoms with Crippen molar-refractivity contribution in [2.45, 2.75) is 42.7 Å². The Morgan fingerprint density at radius 1 is 1.12 bits per heavy atom. The maximum absolute atomic E-state index is 13.0. The number of aromatic nitrogens is 3. The fourth-order valence-corrected chi connectivity index (χ4v) is 5.21. The SMILES string of the molecule is N[C@@H]1CN(S(=O)(=O)c2ccc3c(c2)CCCC3)C[C@@H]1n1ccnn1. The lowest BCUT2D eigenvalue weighted by atomic mass is 9.92. The van der Waals surface area contributed by atoms with Crippen LogP contribution >= 0.6 is 0 Å². The summed E-state index contributed by atoms with van der Waals surface area (Å²) in [5, 5.41) is 7.74. The number of benzene rings is 1. The van der Waals surface area contributed by atoms with E-state index in [0.717, 1.165) is 19.3 Å². The van der Waals surface area contributed by atoms with Gasteiger partial charge in [0, 0.05) is 25.3 Å². The Hall–Kier alpha value is -1.77. The molecule has 4 rings (SSSR count). The van der Waals surface area contributed by atoms with Crippen LogP contribution in [0.5, 0.6) is 0 Å². The number of fused-ring (bicyclic) bond motifs is 1. The third-order valence-electron chi connectivity index (χ3n) is 5.04. The van der Waals surface area contributed by atoms with Gasteiger partial charge in [-0.1, -0.05) is 11.3 Å². The average Bonchev–Trinajstić information content (AvgIpc) is 3.23. The van der Waals surface area contributed by atoms with Crippen molar-refractivity contribution in [2.24, 2.45) is 5.73 Å². The summed E-state index contributed by atoms with van der Waals surface area (Å²) >= 11 is 0. The molecule has 1 aromatic heterocycles. The first-order chi connectivity index (χ1) is 11.6. The van der Waals surface area contributed by atoms with Gasteiger partial charge in [0.05, 0.1) is 17.1 Å². The molecule has 1 saturated heterocycles. The fourth-order valence-electron chi connectivity index (χ4n) is 3.67. The van der Waals surface area contributed by atoms with E-state index in [1.807, 2.05) is 12.1 Å². The van der Waals surface area contributed by atoms with Crippen LogP contribution in [-0.4, -0.2) is 46.8 Å². The normalized spacial score (nSPS) is 24.9. The molecule has 2 aliphatic rings. The highest BCUT2D eigenvalue weighted by Crippen LogP contribution is 2.29. The highest BCUT2D eigenvalue weighted by atomic mass is 32.2. The summed E-state index contributed by atoms with van der Waals surface area (Å²) in [4.78, 5) is 0.370. The van der Waals surface area contributed by atoms with Gasteiger partial charge >= 0.3 is 0 Å². The smallest absolute Gasteiger partial charge is 0.243 e. The lowest BCUT2D eigenvalue weighted by molar-refractivity contribution is 0.416. The van der Waals surface area contributed by atoms with Crippen molar-refractivity contribution in [1.29, 1.82) is 0 Å². The van der Waals surface area contributed by atoms with Gasteiger partial charge in [-0.15, -0.1) is 5.10 Å². The highest BCUT2D eigenvalue weighted by Gasteiger charge is 2.39. The van der Waals surface area contributed by atoms with E-state index >= 15 is 0 Å². The Morgan fingerprint density at radius 2 is 1.92 bits per heavy atom. The van der Waals surface area contributed by atoms with Gasteiger partial charge < -0.3 is 5.73 Å². The second-order valence-corrected chi connectivity index (χ2v) is 8.51. The summed E-state index contributed by atoms with van der Waals surface area (Å²) in [6, 6.07) is 5.07. The quantitative estimate of drug-likeness (QED) is 0.883. The van der Waals surface area contributed by atoms with Crippen LogP contribution in [0.2, 0.25) is 0 Å². The van der Waals surface area contributed by atoms with Gasteiger partial charge in [-0.05, 0) is 48.9 Å². The second kappa shape index (κ2) is 5.94. The van der Waals surface area contributed by atoms with Crippen molar-refractivity contribution < 1.29 is 8.42 Å². The lowest BCUT2D eigenvalue weighted by Crippen LogP contribution is -2.33. The summed E-state index contributed by atoms with van der Waals surface area (Å²) < 4.78 is 29.1. The summed E-state index contributed by atoms with van der Waals surface area (Å²) in [5.74, 6) is 0. The zero-order valence-corrected chi connectivity index (χ0v) is 14.2. The van der Waals surface area contributed by atoms with E-state index in [4.69, 9.17) is 5.73 Å². The first kappa shape index (κ1) is 15.7. The van der Waals surface area contributed by atoms with Crippen molar-refractivity contribution in [3.05, 3.63) is 41.7 Å². The predicted octanol–water partition coefficient (Wildman–Crippen LogP) is 0.730. The van der Waals surface area contributed by atoms with E-state index in [0.29, 0.717) is 18.0 Å². The van der Waals surface area contributed by atoms with Gasteiger partial charge in [0.25, 0.3) is 0 Å². The number of aryl methyl sites for hydroxylation is 2. The van der Waals surface area contributed by atoms with Gasteiger partial charge in [0.1, 0.15) is 0 Å². The zero-order valence-electron chi connectivity index (χ0n) is 13.4. The largest absolute Gasteiger partial charge is 0.325 e. The van der Waals surface area contributed by atoms with Crippen LogP contribution in [0.4, 0.5) is 0 Å². The maximum Gasteiger partial charge on any atom is 0.243 e. The lowest BCUT2D eigenvalue weighted by Gasteiger charge is -2.20. The molecule has 2 atom stereocenters. The maximum atomic E-state index is 13.0. The fraction of sp³-hybridized carbons (Fsp3) is 0.500. The standard InChI is InChI=1S/C16H21N5O2S/c17-15-10-20(11-16(15)21-8-7-18-19-21)24(22,23)14-6-5-12-3-1-2-4-13(12)9-14/h5-9,15-16H,1-4,10-11,17H2/t15-,16+/m1/s1. The van der Waals surface area contributed by atoms with E-state index < -0.39 is 10.0 Å². The van der Waals surface area contributed by atoms with Gasteiger partial charge in [0.2, 0.25) is 10.0 Å². The summed E-state index contributed by atoms with van der Waals surface area (Å²) in [7, 11) is -3.54. The van der Waals surface area contributed by atoms with Gasteiger partial charge in [0.15, 0.2) is 0 Å². The van der Waals surface area contributed by atoms with Gasteiger partial charge in [-0.3, -0.25) is 0 Å². The molecule has 0 unspecified atom stereocenters. The minimum Gasteiger partial charge on any atom is -0.325 e. The molecule has 24 heavy (non-hydrogen) atoms. The van der Waals surface area contributed by atoms with Crippen LogP contribution in [0.3, 0.4) is 0 Å². The molecule has 1 fully saturated rings. The van der Waals surface area contributed by atoms with E-state index in [2.05, 4.69) is 10.3 Å². The molecule has 0 radical (unpaired) electrons. The van der Waals surface area contributed by atoms with Crippen LogP contribution in [0.1, 0.15) is 30.0 Å². The molecule has 2 heterocycles. The monoisotopic (exact) mass is 347 g/mol. The number of nitrogens with zero attached hydrogens (tertiary/aromatic N) is 4. The van der Waals surface area contributed by atoms with Crippen LogP contribution in [0, 0.1) is 0 Å². The van der Waals surface area contributed by atoms with Crippen molar-refractivity contribution in [3.8, 4) is 0 Å². The second-order valence-electron chi connectivity index (χ2n) is 6.57. The molecular formula is C16H21N5O2S. The topological polar surface area (TPSA) is 94.1 Å². The van der Waals surface area contributed by atoms with Crippen LogP contribution < -0.4 is 5.73 Å². The van der Waals surface area contributed by atoms with Crippen molar-refractivity contribution in [2.75, 3.05) is 13.1 Å². The highest BCUT2D eigenvalue weighted by molar-refractivity contribution is 7.89. The molecular weight excluding hydrogens is 326 g/mol. The third kappa shape index (κ3) is 2.64. The molecule has 2 N–H and O–H groups in total. The average molecular weight is 347 g/mol. The first-order valence-corrected chi connectivity index (χ1v) is 9.73. The molecule has 0 spiro atoms. The summed E-state index contributed by atoms with van der Waals surface area (Å²) in [6.07, 6.45) is 7.60. The molecule has 1 aliphatic carbocycles. The summed E-state index contributed by atoms with van der Waals surface area (Å²) in [6.45, 7) is 0.619. The number of rotatable bonds is 3. The van der Waals surface area contributed by atoms with Crippen LogP contribution in [0.25, 0.3) is 0 Å². The van der Waals surface area contributed by atoms with Crippen LogP contribution in [0.15, 0.2) is 35.5 Å². The molecule has 0 amide bonds. The first-order valence-electron chi connectivity index (χ1n) is 8.29. The van der Waals surface area contributed by atoms with Crippen molar-refractivity contribution in [1.82, 2.24) is 19.3 Å². The Labute approximate surface area is 141 Å². The molecule has 0 bridgehead atoms. The predicted molar refractivity (Wildman–Crippen MR) is 88.9 cm³/mol. The van der Waals surface area contributed by atoms with E-state index in [1.54, 1.807) is 23.1 Å². The number of nitrogens with two attached hydrogens (primary N) is 1. The molecule has 8 heteroatoms. The molecule has 7 nitrogen and oxygen atoms in total.